The minimum Gasteiger partial charge on any atom is -0.480 e. The van der Waals surface area contributed by atoms with E-state index in [2.05, 4.69) is 0 Å². The highest BCUT2D eigenvalue weighted by molar-refractivity contribution is 7.47. The van der Waals surface area contributed by atoms with E-state index in [1.54, 1.807) is 0 Å². The van der Waals surface area contributed by atoms with Crippen LogP contribution < -0.4 is 0 Å². The highest BCUT2D eigenvalue weighted by Crippen LogP contribution is 2.51. The van der Waals surface area contributed by atoms with Crippen LogP contribution in [0.1, 0.15) is 50.5 Å². The summed E-state index contributed by atoms with van der Waals surface area (Å²) in [5, 5.41) is 48.2. The fourth-order valence-corrected chi connectivity index (χ4v) is 6.66. The zero-order valence-corrected chi connectivity index (χ0v) is 27.7. The van der Waals surface area contributed by atoms with Crippen molar-refractivity contribution in [3.8, 4) is 0 Å². The van der Waals surface area contributed by atoms with Crippen molar-refractivity contribution in [1.82, 2.24) is 14.7 Å². The number of carboxylic acid groups (broad SMARTS) is 5. The van der Waals surface area contributed by atoms with Gasteiger partial charge in [-0.05, 0) is 36.8 Å². The number of phosphoric acid groups is 1. The molecule has 3 rings (SSSR count). The van der Waals surface area contributed by atoms with Gasteiger partial charge in [-0.1, -0.05) is 60.7 Å². The molecule has 0 spiro atoms. The first kappa shape index (κ1) is 28.4. The Morgan fingerprint density at radius 2 is 1.14 bits per heavy atom. The second kappa shape index (κ2) is 19.4. The SMILES string of the molecule is [2H]C([2H])(C(=O)O)N(CCN(C([2H])([2H])C(=O)O)C([2H])([2H])C(=O)O)C[C@H](COP(=O)(O)OC1CCC(c2ccccc2)(c2ccccc2)CC1)N(C([2H])([2H])C(=O)O)C([2H])([2H])C(=O)O. The van der Waals surface area contributed by atoms with E-state index in [0.717, 1.165) is 11.1 Å². The summed E-state index contributed by atoms with van der Waals surface area (Å²) in [5.74, 6) is -12.5. The molecule has 2 atom stereocenters. The summed E-state index contributed by atoms with van der Waals surface area (Å²) in [4.78, 5) is 69.9. The van der Waals surface area contributed by atoms with Crippen LogP contribution in [0.4, 0.5) is 0 Å². The van der Waals surface area contributed by atoms with Crippen molar-refractivity contribution < 1.29 is 81.7 Å². The maximum atomic E-state index is 13.5. The van der Waals surface area contributed by atoms with Crippen LogP contribution in [0.2, 0.25) is 0 Å². The third-order valence-electron chi connectivity index (χ3n) is 7.69. The zero-order valence-electron chi connectivity index (χ0n) is 36.8. The van der Waals surface area contributed by atoms with Crippen molar-refractivity contribution in [2.24, 2.45) is 0 Å². The Morgan fingerprint density at radius 1 is 0.725 bits per heavy atom. The Kier molecular flexibility index (Phi) is 10.8. The van der Waals surface area contributed by atoms with Crippen LogP contribution in [0.15, 0.2) is 60.7 Å². The molecular formula is C33H44N3O14P. The summed E-state index contributed by atoms with van der Waals surface area (Å²) >= 11 is 0. The van der Waals surface area contributed by atoms with E-state index in [4.69, 9.17) is 22.8 Å². The molecule has 0 aliphatic heterocycles. The molecule has 0 saturated heterocycles. The molecule has 1 saturated carbocycles. The number of phosphoric ester groups is 1. The van der Waals surface area contributed by atoms with Crippen LogP contribution in [0.3, 0.4) is 0 Å². The number of aliphatic carboxylic acids is 5. The van der Waals surface area contributed by atoms with Crippen molar-refractivity contribution >= 4 is 37.7 Å². The van der Waals surface area contributed by atoms with Crippen molar-refractivity contribution in [2.45, 2.75) is 43.2 Å². The van der Waals surface area contributed by atoms with E-state index >= 15 is 0 Å². The van der Waals surface area contributed by atoms with E-state index in [-0.39, 0.29) is 17.7 Å². The highest BCUT2D eigenvalue weighted by atomic mass is 31.2. The molecule has 1 aliphatic carbocycles. The summed E-state index contributed by atoms with van der Waals surface area (Å²) in [6.45, 7) is -26.2. The normalized spacial score (nSPS) is 20.8. The lowest BCUT2D eigenvalue weighted by atomic mass is 9.65. The van der Waals surface area contributed by atoms with E-state index in [1.165, 1.54) is 0 Å². The first-order valence-electron chi connectivity index (χ1n) is 20.1. The monoisotopic (exact) mass is 747 g/mol. The van der Waals surface area contributed by atoms with E-state index in [0.29, 0.717) is 12.8 Å². The third kappa shape index (κ3) is 13.8. The van der Waals surface area contributed by atoms with E-state index in [9.17, 15) is 59.0 Å². The highest BCUT2D eigenvalue weighted by Gasteiger charge is 2.41. The van der Waals surface area contributed by atoms with E-state index in [1.807, 2.05) is 60.7 Å². The second-order valence-electron chi connectivity index (χ2n) is 11.1. The molecular weight excluding hydrogens is 693 g/mol. The van der Waals surface area contributed by atoms with Gasteiger partial charge in [0.1, 0.15) is 0 Å². The fourth-order valence-electron chi connectivity index (χ4n) is 5.65. The second-order valence-corrected chi connectivity index (χ2v) is 12.5. The molecule has 6 N–H and O–H groups in total. The van der Waals surface area contributed by atoms with Gasteiger partial charge in [0.05, 0.1) is 58.9 Å². The molecule has 1 aliphatic rings. The summed E-state index contributed by atoms with van der Waals surface area (Å²) < 4.78 is 104. The van der Waals surface area contributed by atoms with Gasteiger partial charge in [-0.15, -0.1) is 0 Å². The molecule has 18 heteroatoms. The molecule has 0 radical (unpaired) electrons. The zero-order chi connectivity index (χ0) is 46.6. The summed E-state index contributed by atoms with van der Waals surface area (Å²) in [6, 6.07) is 16.1. The number of hydrogen-bond acceptors (Lipinski definition) is 11. The van der Waals surface area contributed by atoms with Gasteiger partial charge >= 0.3 is 37.7 Å². The molecule has 0 bridgehead atoms. The summed E-state index contributed by atoms with van der Waals surface area (Å²) in [7, 11) is -5.43. The Hall–Kier alpha value is -4.22. The van der Waals surface area contributed by atoms with E-state index < -0.39 is 124 Å². The number of carboxylic acids is 5. The van der Waals surface area contributed by atoms with Gasteiger partial charge in [0.15, 0.2) is 0 Å². The molecule has 0 heterocycles. The number of benzene rings is 2. The Bertz CT molecular complexity index is 1870. The lowest BCUT2D eigenvalue weighted by Gasteiger charge is -2.41. The lowest BCUT2D eigenvalue weighted by molar-refractivity contribution is -0.145. The van der Waals surface area contributed by atoms with Crippen molar-refractivity contribution in [3.05, 3.63) is 71.8 Å². The minimum absolute atomic E-state index is 0.0356. The predicted molar refractivity (Wildman–Crippen MR) is 179 cm³/mol. The molecule has 0 amide bonds. The number of nitrogens with zero attached hydrogens (tertiary/aromatic N) is 3. The molecule has 2 aromatic rings. The van der Waals surface area contributed by atoms with Gasteiger partial charge in [0, 0.05) is 31.1 Å². The maximum Gasteiger partial charge on any atom is 0.472 e. The smallest absolute Gasteiger partial charge is 0.472 e. The molecule has 51 heavy (non-hydrogen) atoms. The van der Waals surface area contributed by atoms with Crippen molar-refractivity contribution in [1.29, 1.82) is 0 Å². The van der Waals surface area contributed by atoms with Crippen LogP contribution >= 0.6 is 7.82 Å². The topological polar surface area (TPSA) is 252 Å². The molecule has 1 unspecified atom stereocenters. The average Bonchev–Trinajstić information content (AvgIpc) is 3.16. The Morgan fingerprint density at radius 3 is 1.57 bits per heavy atom. The summed E-state index contributed by atoms with van der Waals surface area (Å²) in [6.07, 6.45) is -0.00941. The molecule has 1 fully saturated rings. The van der Waals surface area contributed by atoms with Crippen LogP contribution in [0.25, 0.3) is 0 Å². The third-order valence-corrected chi connectivity index (χ3v) is 8.73. The Labute approximate surface area is 308 Å². The van der Waals surface area contributed by atoms with Gasteiger partial charge < -0.3 is 30.4 Å². The first-order valence-corrected chi connectivity index (χ1v) is 16.6. The maximum absolute atomic E-state index is 13.5. The minimum atomic E-state index is -5.43. The predicted octanol–water partition coefficient (Wildman–Crippen LogP) is 1.75. The van der Waals surface area contributed by atoms with Gasteiger partial charge in [-0.2, -0.15) is 0 Å². The van der Waals surface area contributed by atoms with Crippen LogP contribution in [0, 0.1) is 0 Å². The van der Waals surface area contributed by atoms with Crippen LogP contribution in [-0.4, -0.2) is 146 Å². The number of hydrogen-bond donors (Lipinski definition) is 6. The average molecular weight is 748 g/mol. The van der Waals surface area contributed by atoms with Gasteiger partial charge in [0.25, 0.3) is 0 Å². The Balaban J connectivity index is 2.06. The van der Waals surface area contributed by atoms with Crippen molar-refractivity contribution in [2.75, 3.05) is 58.7 Å². The van der Waals surface area contributed by atoms with Gasteiger partial charge in [-0.25, -0.2) is 4.57 Å². The van der Waals surface area contributed by atoms with Gasteiger partial charge in [-0.3, -0.25) is 47.7 Å². The molecule has 17 nitrogen and oxygen atoms in total. The van der Waals surface area contributed by atoms with Gasteiger partial charge in [0.2, 0.25) is 0 Å². The number of carbonyl (C=O) groups is 5. The molecule has 0 aromatic heterocycles. The lowest BCUT2D eigenvalue weighted by Crippen LogP contribution is -2.52. The van der Waals surface area contributed by atoms with Crippen LogP contribution in [-0.2, 0) is 43.0 Å². The molecule has 2 aromatic carbocycles. The fraction of sp³-hybridized carbons (Fsp3) is 0.485. The molecule has 280 valence electrons. The quantitative estimate of drug-likeness (QED) is 0.0886. The largest absolute Gasteiger partial charge is 0.480 e. The van der Waals surface area contributed by atoms with Crippen molar-refractivity contribution in [3.63, 3.8) is 0 Å². The first-order chi connectivity index (χ1) is 27.9. The summed E-state index contributed by atoms with van der Waals surface area (Å²) in [5.41, 5.74) is 1.33. The standard InChI is InChI=1S/C33H44N3O14P/c37-28(38)18-34(15-16-35(19-29(39)40)20-30(41)42)17-26(36(21-31(43)44)22-32(45)46)23-49-51(47,48)50-27-11-13-33(14-12-27,24-7-3-1-4-8-24)25-9-5-2-6-10-25/h1-10,26-27H,11-23H2,(H,37,38)(H,39,40)(H,41,42)(H,43,44)(H,45,46)(H,47,48)/t26-/m1/s1/i18D2,19D2,20D2,21D2,22D2. The number of rotatable bonds is 23. The van der Waals surface area contributed by atoms with Crippen LogP contribution in [0.5, 0.6) is 0 Å².